The van der Waals surface area contributed by atoms with Gasteiger partial charge in [-0.05, 0) is 36.4 Å². The van der Waals surface area contributed by atoms with Crippen molar-refractivity contribution in [1.82, 2.24) is 14.9 Å². The Kier molecular flexibility index (Phi) is 5.55. The molecule has 1 amide bonds. The monoisotopic (exact) mass is 473 g/mol. The van der Waals surface area contributed by atoms with Crippen molar-refractivity contribution in [3.05, 3.63) is 100 Å². The van der Waals surface area contributed by atoms with Gasteiger partial charge < -0.3 is 19.7 Å². The van der Waals surface area contributed by atoms with Gasteiger partial charge in [-0.3, -0.25) is 14.6 Å². The van der Waals surface area contributed by atoms with Crippen molar-refractivity contribution in [3.63, 3.8) is 0 Å². The maximum absolute atomic E-state index is 13.3. The Morgan fingerprint density at radius 2 is 1.94 bits per heavy atom. The summed E-state index contributed by atoms with van der Waals surface area (Å²) in [6.07, 6.45) is 3.39. The van der Waals surface area contributed by atoms with E-state index in [1.54, 1.807) is 36.7 Å². The number of aromatic amines is 1. The van der Waals surface area contributed by atoms with Gasteiger partial charge in [-0.2, -0.15) is 0 Å². The number of carbonyl (C=O) groups is 2. The summed E-state index contributed by atoms with van der Waals surface area (Å²) < 4.78 is 5.38. The molecular weight excluding hydrogens is 454 g/mol. The molecule has 1 atom stereocenters. The van der Waals surface area contributed by atoms with Gasteiger partial charge in [-0.1, -0.05) is 35.9 Å². The number of amides is 1. The minimum atomic E-state index is -0.846. The highest BCUT2D eigenvalue weighted by Crippen LogP contribution is 2.43. The standard InChI is InChI=1S/C26H20ClN3O4/c1-34-21-10-9-15(27)12-18(21)24(31)22-23(19-13-29-20-8-3-2-7-17(19)20)30(26(33)25(22)32)14-16-6-4-5-11-28-16/h2-13,23,29,31H,14H2,1H3/b24-22+. The number of halogens is 1. The zero-order chi connectivity index (χ0) is 23.8. The number of rotatable bonds is 5. The lowest BCUT2D eigenvalue weighted by Crippen LogP contribution is -2.29. The lowest BCUT2D eigenvalue weighted by Gasteiger charge is -2.24. The number of nitrogens with zero attached hydrogens (tertiary/aromatic N) is 2. The number of aromatic nitrogens is 2. The van der Waals surface area contributed by atoms with Gasteiger partial charge in [0, 0.05) is 33.9 Å². The van der Waals surface area contributed by atoms with E-state index in [-0.39, 0.29) is 23.4 Å². The van der Waals surface area contributed by atoms with Gasteiger partial charge in [0.05, 0.1) is 36.5 Å². The Morgan fingerprint density at radius 1 is 1.15 bits per heavy atom. The van der Waals surface area contributed by atoms with Crippen LogP contribution in [0.5, 0.6) is 5.75 Å². The summed E-state index contributed by atoms with van der Waals surface area (Å²) in [7, 11) is 1.46. The van der Waals surface area contributed by atoms with E-state index in [9.17, 15) is 14.7 Å². The summed E-state index contributed by atoms with van der Waals surface area (Å²) in [6.45, 7) is 0.0963. The number of benzene rings is 2. The number of carbonyl (C=O) groups excluding carboxylic acids is 2. The minimum Gasteiger partial charge on any atom is -0.507 e. The van der Waals surface area contributed by atoms with E-state index in [1.807, 2.05) is 30.3 Å². The lowest BCUT2D eigenvalue weighted by molar-refractivity contribution is -0.140. The second-order valence-corrected chi connectivity index (χ2v) is 8.32. The van der Waals surface area contributed by atoms with E-state index in [4.69, 9.17) is 16.3 Å². The van der Waals surface area contributed by atoms with Crippen LogP contribution in [0.1, 0.15) is 22.9 Å². The Morgan fingerprint density at radius 3 is 2.71 bits per heavy atom. The van der Waals surface area contributed by atoms with Crippen LogP contribution < -0.4 is 4.74 Å². The Balaban J connectivity index is 1.74. The fraction of sp³-hybridized carbons (Fsp3) is 0.115. The number of hydrogen-bond donors (Lipinski definition) is 2. The van der Waals surface area contributed by atoms with Crippen LogP contribution in [-0.2, 0) is 16.1 Å². The first-order valence-corrected chi connectivity index (χ1v) is 11.0. The van der Waals surface area contributed by atoms with E-state index < -0.39 is 17.7 Å². The van der Waals surface area contributed by atoms with E-state index in [0.29, 0.717) is 22.0 Å². The van der Waals surface area contributed by atoms with Crippen LogP contribution in [0.15, 0.2) is 78.6 Å². The molecule has 1 aliphatic rings. The average Bonchev–Trinajstić information content (AvgIpc) is 3.38. The van der Waals surface area contributed by atoms with Crippen LogP contribution in [0, 0.1) is 0 Å². The molecule has 1 fully saturated rings. The van der Waals surface area contributed by atoms with Crippen LogP contribution in [0.4, 0.5) is 0 Å². The molecule has 0 bridgehead atoms. The number of methoxy groups -OCH3 is 1. The van der Waals surface area contributed by atoms with Crippen molar-refractivity contribution >= 4 is 40.0 Å². The number of fused-ring (bicyclic) bond motifs is 1. The molecule has 0 aliphatic carbocycles. The second-order valence-electron chi connectivity index (χ2n) is 7.88. The number of likely N-dealkylation sites (tertiary alicyclic amines) is 1. The number of para-hydroxylation sites is 1. The molecular formula is C26H20ClN3O4. The molecule has 7 nitrogen and oxygen atoms in total. The number of aliphatic hydroxyl groups excluding tert-OH is 1. The zero-order valence-electron chi connectivity index (χ0n) is 18.2. The van der Waals surface area contributed by atoms with E-state index in [0.717, 1.165) is 10.9 Å². The molecule has 0 spiro atoms. The fourth-order valence-corrected chi connectivity index (χ4v) is 4.54. The molecule has 1 unspecified atom stereocenters. The number of ether oxygens (including phenoxy) is 1. The second kappa shape index (κ2) is 8.68. The number of pyridine rings is 1. The molecule has 8 heteroatoms. The third kappa shape index (κ3) is 3.60. The lowest BCUT2D eigenvalue weighted by atomic mass is 9.94. The van der Waals surface area contributed by atoms with Gasteiger partial charge in [-0.15, -0.1) is 0 Å². The normalized spacial score (nSPS) is 17.5. The van der Waals surface area contributed by atoms with Crippen LogP contribution in [0.25, 0.3) is 16.7 Å². The van der Waals surface area contributed by atoms with Crippen LogP contribution >= 0.6 is 11.6 Å². The Hall–Kier alpha value is -4.10. The third-order valence-corrected chi connectivity index (χ3v) is 6.17. The van der Waals surface area contributed by atoms with E-state index in [2.05, 4.69) is 9.97 Å². The van der Waals surface area contributed by atoms with Gasteiger partial charge in [0.25, 0.3) is 11.7 Å². The summed E-state index contributed by atoms with van der Waals surface area (Å²) in [5.41, 5.74) is 2.35. The number of nitrogens with one attached hydrogen (secondary N) is 1. The molecule has 4 aromatic rings. The predicted molar refractivity (Wildman–Crippen MR) is 128 cm³/mol. The van der Waals surface area contributed by atoms with Gasteiger partial charge >= 0.3 is 0 Å². The molecule has 2 aromatic carbocycles. The summed E-state index contributed by atoms with van der Waals surface area (Å²) in [5.74, 6) is -1.53. The molecule has 1 aliphatic heterocycles. The third-order valence-electron chi connectivity index (χ3n) is 5.93. The first-order chi connectivity index (χ1) is 16.5. The van der Waals surface area contributed by atoms with Crippen LogP contribution in [0.3, 0.4) is 0 Å². The maximum atomic E-state index is 13.3. The van der Waals surface area contributed by atoms with Crippen molar-refractivity contribution < 1.29 is 19.4 Å². The largest absolute Gasteiger partial charge is 0.507 e. The molecule has 5 rings (SSSR count). The van der Waals surface area contributed by atoms with Crippen molar-refractivity contribution in [3.8, 4) is 5.75 Å². The highest BCUT2D eigenvalue weighted by atomic mass is 35.5. The van der Waals surface area contributed by atoms with E-state index in [1.165, 1.54) is 18.1 Å². The average molecular weight is 474 g/mol. The zero-order valence-corrected chi connectivity index (χ0v) is 18.9. The first-order valence-electron chi connectivity index (χ1n) is 10.6. The van der Waals surface area contributed by atoms with Gasteiger partial charge in [-0.25, -0.2) is 0 Å². The molecule has 0 saturated carbocycles. The van der Waals surface area contributed by atoms with Crippen molar-refractivity contribution in [2.45, 2.75) is 12.6 Å². The number of H-pyrrole nitrogens is 1. The predicted octanol–water partition coefficient (Wildman–Crippen LogP) is 4.85. The van der Waals surface area contributed by atoms with Gasteiger partial charge in [0.15, 0.2) is 0 Å². The molecule has 34 heavy (non-hydrogen) atoms. The number of Topliss-reactive ketones (excluding diaryl/α,β-unsaturated/α-hetero) is 1. The van der Waals surface area contributed by atoms with Crippen LogP contribution in [-0.4, -0.2) is 38.8 Å². The SMILES string of the molecule is COc1ccc(Cl)cc1/C(O)=C1\C(=O)C(=O)N(Cc2ccccn2)C1c1c[nH]c2ccccc12. The molecule has 170 valence electrons. The highest BCUT2D eigenvalue weighted by molar-refractivity contribution is 6.46. The van der Waals surface area contributed by atoms with Gasteiger partial charge in [0.1, 0.15) is 11.5 Å². The summed E-state index contributed by atoms with van der Waals surface area (Å²) in [6, 6.07) is 16.8. The quantitative estimate of drug-likeness (QED) is 0.245. The summed E-state index contributed by atoms with van der Waals surface area (Å²) in [5, 5.41) is 12.6. The van der Waals surface area contributed by atoms with Gasteiger partial charge in [0.2, 0.25) is 0 Å². The number of ketones is 1. The van der Waals surface area contributed by atoms with E-state index >= 15 is 0 Å². The number of aliphatic hydroxyl groups is 1. The van der Waals surface area contributed by atoms with Crippen molar-refractivity contribution in [1.29, 1.82) is 0 Å². The summed E-state index contributed by atoms with van der Waals surface area (Å²) >= 11 is 6.17. The molecule has 3 heterocycles. The van der Waals surface area contributed by atoms with Crippen LogP contribution in [0.2, 0.25) is 5.02 Å². The van der Waals surface area contributed by atoms with Crippen molar-refractivity contribution in [2.75, 3.05) is 7.11 Å². The topological polar surface area (TPSA) is 95.5 Å². The fourth-order valence-electron chi connectivity index (χ4n) is 4.36. The number of hydrogen-bond acceptors (Lipinski definition) is 5. The Bertz CT molecular complexity index is 1440. The highest BCUT2D eigenvalue weighted by Gasteiger charge is 2.47. The molecule has 2 aromatic heterocycles. The Labute approximate surface area is 200 Å². The first kappa shape index (κ1) is 21.7. The minimum absolute atomic E-state index is 0.0359. The maximum Gasteiger partial charge on any atom is 0.296 e. The summed E-state index contributed by atoms with van der Waals surface area (Å²) in [4.78, 5) is 35.5. The molecule has 0 radical (unpaired) electrons. The smallest absolute Gasteiger partial charge is 0.296 e. The molecule has 2 N–H and O–H groups in total. The molecule has 1 saturated heterocycles. The van der Waals surface area contributed by atoms with Crippen molar-refractivity contribution in [2.24, 2.45) is 0 Å².